The Bertz CT molecular complexity index is 2100. The van der Waals surface area contributed by atoms with E-state index in [1.165, 1.54) is 11.3 Å². The molecule has 6 heterocycles. The highest BCUT2D eigenvalue weighted by Gasteiger charge is 2.46. The van der Waals surface area contributed by atoms with Crippen LogP contribution in [0, 0.1) is 12.3 Å². The zero-order valence-corrected chi connectivity index (χ0v) is 29.5. The van der Waals surface area contributed by atoms with Gasteiger partial charge in [-0.3, -0.25) is 29.4 Å². The van der Waals surface area contributed by atoms with Crippen LogP contribution in [0.3, 0.4) is 0 Å². The average molecular weight is 697 g/mol. The van der Waals surface area contributed by atoms with Gasteiger partial charge in [0.25, 0.3) is 11.5 Å². The lowest BCUT2D eigenvalue weighted by Gasteiger charge is -2.55. The number of pyridine rings is 1. The third-order valence-corrected chi connectivity index (χ3v) is 12.0. The van der Waals surface area contributed by atoms with E-state index in [1.807, 2.05) is 37.4 Å². The molecule has 50 heavy (non-hydrogen) atoms. The summed E-state index contributed by atoms with van der Waals surface area (Å²) in [5.74, 6) is 0.692. The number of thiazole rings is 1. The Kier molecular flexibility index (Phi) is 7.94. The minimum atomic E-state index is -0.606. The Hall–Kier alpha value is -4.75. The van der Waals surface area contributed by atoms with E-state index in [9.17, 15) is 19.2 Å². The van der Waals surface area contributed by atoms with Gasteiger partial charge in [-0.1, -0.05) is 6.07 Å². The molecule has 1 unspecified atom stereocenters. The van der Waals surface area contributed by atoms with Gasteiger partial charge >= 0.3 is 0 Å². The molecule has 4 aliphatic rings. The second kappa shape index (κ2) is 12.2. The van der Waals surface area contributed by atoms with Gasteiger partial charge < -0.3 is 23.8 Å². The molecule has 1 N–H and O–H groups in total. The lowest BCUT2D eigenvalue weighted by molar-refractivity contribution is -0.136. The van der Waals surface area contributed by atoms with Crippen molar-refractivity contribution in [1.29, 1.82) is 0 Å². The van der Waals surface area contributed by atoms with Crippen LogP contribution in [0.1, 0.15) is 52.2 Å². The third kappa shape index (κ3) is 5.43. The van der Waals surface area contributed by atoms with E-state index in [1.54, 1.807) is 30.7 Å². The Labute approximate surface area is 293 Å². The van der Waals surface area contributed by atoms with E-state index in [0.29, 0.717) is 30.6 Å². The third-order valence-electron chi connectivity index (χ3n) is 11.0. The topological polar surface area (TPSA) is 126 Å². The number of carbonyl (C=O) groups is 3. The molecule has 8 rings (SSSR count). The molecular formula is C37H40N6O6S. The Morgan fingerprint density at radius 2 is 1.72 bits per heavy atom. The number of imide groups is 1. The predicted octanol–water partition coefficient (Wildman–Crippen LogP) is 3.85. The number of amides is 3. The van der Waals surface area contributed by atoms with Crippen molar-refractivity contribution in [2.45, 2.75) is 51.7 Å². The number of nitrogens with zero attached hydrogens (tertiary/aromatic N) is 5. The molecule has 3 saturated heterocycles. The normalized spacial score (nSPS) is 20.3. The van der Waals surface area contributed by atoms with E-state index >= 15 is 0 Å². The first-order valence-corrected chi connectivity index (χ1v) is 17.8. The van der Waals surface area contributed by atoms with Crippen molar-refractivity contribution in [2.24, 2.45) is 12.5 Å². The molecule has 0 aliphatic carbocycles. The van der Waals surface area contributed by atoms with Crippen LogP contribution in [-0.2, 0) is 29.7 Å². The fraction of sp³-hybridized carbons (Fsp3) is 0.432. The van der Waals surface area contributed by atoms with E-state index in [0.717, 1.165) is 88.2 Å². The number of piperidine rings is 2. The number of nitrogens with one attached hydrogen (secondary N) is 1. The number of benzene rings is 2. The van der Waals surface area contributed by atoms with Gasteiger partial charge in [-0.2, -0.15) is 0 Å². The first-order chi connectivity index (χ1) is 24.1. The molecule has 3 fully saturated rings. The first kappa shape index (κ1) is 32.5. The van der Waals surface area contributed by atoms with Crippen LogP contribution in [-0.4, -0.2) is 83.5 Å². The van der Waals surface area contributed by atoms with Gasteiger partial charge in [-0.25, -0.2) is 4.98 Å². The zero-order chi connectivity index (χ0) is 34.9. The van der Waals surface area contributed by atoms with Gasteiger partial charge in [0, 0.05) is 68.1 Å². The van der Waals surface area contributed by atoms with E-state index in [-0.39, 0.29) is 35.1 Å². The molecule has 260 valence electrons. The summed E-state index contributed by atoms with van der Waals surface area (Å²) in [6, 6.07) is 9.53. The van der Waals surface area contributed by atoms with Crippen molar-refractivity contribution in [3.8, 4) is 22.6 Å². The number of rotatable bonds is 7. The van der Waals surface area contributed by atoms with Crippen LogP contribution in [0.25, 0.3) is 21.3 Å². The van der Waals surface area contributed by atoms with Gasteiger partial charge in [-0.05, 0) is 74.7 Å². The van der Waals surface area contributed by atoms with Crippen LogP contribution in [0.4, 0.5) is 5.69 Å². The number of carbonyl (C=O) groups excluding carboxylic acids is 3. The predicted molar refractivity (Wildman–Crippen MR) is 190 cm³/mol. The molecule has 4 aliphatic heterocycles. The molecule has 1 atom stereocenters. The molecule has 4 aromatic rings. The SMILES string of the molecule is COc1cc(-c2cn(C)c(=O)c3nc(C)sc23)cc(OC)c1CN1CCC2(CC1)CN(c1ccc3c(c1)C(=O)N(C1CCC(=O)NC1=O)C3)C2. The number of aryl methyl sites for hydroxylation is 2. The van der Waals surface area contributed by atoms with Gasteiger partial charge in [0.15, 0.2) is 0 Å². The molecular weight excluding hydrogens is 657 g/mol. The summed E-state index contributed by atoms with van der Waals surface area (Å²) < 4.78 is 14.3. The highest BCUT2D eigenvalue weighted by Crippen LogP contribution is 2.45. The standard InChI is InChI=1S/C37H40N6O6S/c1-21-38-32-33(50-21)26(17-40(2)36(32)47)23-13-29(48-3)27(30(14-23)49-4)18-41-11-9-37(10-12-41)19-42(20-37)24-6-5-22-16-43(35(46)25(22)15-24)28-7-8-31(44)39-34(28)45/h5-6,13-15,17,28H,7-12,16,18-20H2,1-4H3,(H,39,44,45). The minimum Gasteiger partial charge on any atom is -0.496 e. The number of fused-ring (bicyclic) bond motifs is 2. The van der Waals surface area contributed by atoms with E-state index < -0.39 is 6.04 Å². The van der Waals surface area contributed by atoms with Gasteiger partial charge in [-0.15, -0.1) is 11.3 Å². The highest BCUT2D eigenvalue weighted by molar-refractivity contribution is 7.19. The zero-order valence-electron chi connectivity index (χ0n) is 28.7. The number of aromatic nitrogens is 2. The summed E-state index contributed by atoms with van der Waals surface area (Å²) in [7, 11) is 5.11. The molecule has 0 bridgehead atoms. The number of hydrogen-bond acceptors (Lipinski definition) is 10. The van der Waals surface area contributed by atoms with Gasteiger partial charge in [0.05, 0.1) is 29.5 Å². The van der Waals surface area contributed by atoms with Crippen LogP contribution in [0.5, 0.6) is 11.5 Å². The number of hydrogen-bond donors (Lipinski definition) is 1. The van der Waals surface area contributed by atoms with Gasteiger partial charge in [0.1, 0.15) is 23.1 Å². The van der Waals surface area contributed by atoms with Crippen LogP contribution >= 0.6 is 11.3 Å². The van der Waals surface area contributed by atoms with Crippen LogP contribution in [0.2, 0.25) is 0 Å². The molecule has 2 aromatic heterocycles. The van der Waals surface area contributed by atoms with Crippen molar-refractivity contribution in [3.63, 3.8) is 0 Å². The fourth-order valence-electron chi connectivity index (χ4n) is 8.14. The minimum absolute atomic E-state index is 0.109. The van der Waals surface area contributed by atoms with E-state index in [4.69, 9.17) is 9.47 Å². The Morgan fingerprint density at radius 3 is 2.40 bits per heavy atom. The maximum atomic E-state index is 13.4. The van der Waals surface area contributed by atoms with Crippen molar-refractivity contribution in [1.82, 2.24) is 24.7 Å². The number of ether oxygens (including phenoxy) is 2. The quantitative estimate of drug-likeness (QED) is 0.287. The lowest BCUT2D eigenvalue weighted by atomic mass is 9.71. The molecule has 0 saturated carbocycles. The second-order valence-corrected chi connectivity index (χ2v) is 15.3. The van der Waals surface area contributed by atoms with Crippen LogP contribution < -0.4 is 25.2 Å². The fourth-order valence-corrected chi connectivity index (χ4v) is 9.09. The monoisotopic (exact) mass is 696 g/mol. The van der Waals surface area contributed by atoms with E-state index in [2.05, 4.69) is 26.2 Å². The molecule has 0 radical (unpaired) electrons. The second-order valence-electron chi connectivity index (χ2n) is 14.1. The summed E-state index contributed by atoms with van der Waals surface area (Å²) in [4.78, 5) is 61.1. The summed E-state index contributed by atoms with van der Waals surface area (Å²) in [6.07, 6.45) is 4.61. The lowest BCUT2D eigenvalue weighted by Crippen LogP contribution is -2.60. The Balaban J connectivity index is 0.930. The summed E-state index contributed by atoms with van der Waals surface area (Å²) in [5.41, 5.74) is 6.05. The summed E-state index contributed by atoms with van der Waals surface area (Å²) in [5, 5.41) is 3.22. The maximum Gasteiger partial charge on any atom is 0.277 e. The number of methoxy groups -OCH3 is 2. The smallest absolute Gasteiger partial charge is 0.277 e. The first-order valence-electron chi connectivity index (χ1n) is 17.0. The largest absolute Gasteiger partial charge is 0.496 e. The van der Waals surface area contributed by atoms with Gasteiger partial charge in [0.2, 0.25) is 11.8 Å². The molecule has 12 nitrogen and oxygen atoms in total. The average Bonchev–Trinajstić information content (AvgIpc) is 3.65. The Morgan fingerprint density at radius 1 is 1.00 bits per heavy atom. The summed E-state index contributed by atoms with van der Waals surface area (Å²) in [6.45, 7) is 6.79. The summed E-state index contributed by atoms with van der Waals surface area (Å²) >= 11 is 1.52. The van der Waals surface area contributed by atoms with Crippen molar-refractivity contribution in [2.75, 3.05) is 45.3 Å². The van der Waals surface area contributed by atoms with Crippen molar-refractivity contribution in [3.05, 3.63) is 68.6 Å². The van der Waals surface area contributed by atoms with Crippen molar-refractivity contribution >= 4 is 45.0 Å². The van der Waals surface area contributed by atoms with Crippen LogP contribution in [0.15, 0.2) is 41.3 Å². The highest BCUT2D eigenvalue weighted by atomic mass is 32.1. The maximum absolute atomic E-state index is 13.4. The van der Waals surface area contributed by atoms with Crippen molar-refractivity contribution < 1.29 is 23.9 Å². The molecule has 2 aromatic carbocycles. The molecule has 1 spiro atoms. The number of likely N-dealkylation sites (tertiary alicyclic amines) is 1. The molecule has 3 amide bonds. The number of anilines is 1. The molecule has 13 heteroatoms.